The van der Waals surface area contributed by atoms with Crippen LogP contribution in [-0.2, 0) is 0 Å². The number of rotatable bonds is 5. The molecule has 68 heavy (non-hydrogen) atoms. The standard InChI is InChI=1S/C64H42N4/c1-39-27-29-43-15-3-5-17-47(43)59(39)67-61-55-25-13-9-21-51(55)49-19-7-11-23-53(49)57(61)65-63(67)45-35-31-41(32-36-45)42-33-37-46(38-34-42)64-66-58-54-24-12-8-20-50(54)52-22-10-14-26-56(52)62(58)68(64)60-40(2)28-30-44-16-4-6-18-48(44)60/h3-38H,1-2H3. The molecule has 4 nitrogen and oxygen atoms in total. The number of hydrogen-bond donors (Lipinski definition) is 0. The maximum absolute atomic E-state index is 5.60. The lowest BCUT2D eigenvalue weighted by atomic mass is 9.99. The van der Waals surface area contributed by atoms with E-state index in [2.05, 4.69) is 241 Å². The van der Waals surface area contributed by atoms with E-state index in [1.165, 1.54) is 65.0 Å². The summed E-state index contributed by atoms with van der Waals surface area (Å²) >= 11 is 0. The van der Waals surface area contributed by atoms with Crippen LogP contribution in [0.5, 0.6) is 0 Å². The normalized spacial score (nSPS) is 12.0. The highest BCUT2D eigenvalue weighted by Crippen LogP contribution is 2.44. The van der Waals surface area contributed by atoms with Crippen molar-refractivity contribution in [3.05, 3.63) is 230 Å². The first-order valence-corrected chi connectivity index (χ1v) is 23.4. The second-order valence-corrected chi connectivity index (χ2v) is 18.2. The average Bonchev–Trinajstić information content (AvgIpc) is 4.00. The van der Waals surface area contributed by atoms with Gasteiger partial charge in [-0.05, 0) is 68.4 Å². The number of hydrogen-bond acceptors (Lipinski definition) is 2. The van der Waals surface area contributed by atoms with E-state index in [4.69, 9.17) is 9.97 Å². The second-order valence-electron chi connectivity index (χ2n) is 18.2. The van der Waals surface area contributed by atoms with Gasteiger partial charge in [0, 0.05) is 43.4 Å². The number of imidazole rings is 2. The highest BCUT2D eigenvalue weighted by Gasteiger charge is 2.24. The third kappa shape index (κ3) is 5.61. The van der Waals surface area contributed by atoms with Crippen molar-refractivity contribution >= 4 is 86.7 Å². The molecular formula is C64H42N4. The van der Waals surface area contributed by atoms with Crippen LogP contribution in [0, 0.1) is 13.8 Å². The molecule has 0 aliphatic rings. The zero-order chi connectivity index (χ0) is 45.0. The Morgan fingerprint density at radius 2 is 0.559 bits per heavy atom. The number of aryl methyl sites for hydroxylation is 2. The van der Waals surface area contributed by atoms with Crippen LogP contribution in [0.2, 0.25) is 0 Å². The molecule has 0 atom stereocenters. The molecule has 0 N–H and O–H groups in total. The van der Waals surface area contributed by atoms with Gasteiger partial charge in [-0.15, -0.1) is 0 Å². The third-order valence-corrected chi connectivity index (χ3v) is 14.3. The van der Waals surface area contributed by atoms with Crippen LogP contribution in [0.3, 0.4) is 0 Å². The molecule has 14 rings (SSSR count). The minimum absolute atomic E-state index is 0.922. The Morgan fingerprint density at radius 1 is 0.265 bits per heavy atom. The summed E-state index contributed by atoms with van der Waals surface area (Å²) in [7, 11) is 0. The first-order valence-electron chi connectivity index (χ1n) is 23.4. The largest absolute Gasteiger partial charge is 0.291 e. The lowest BCUT2D eigenvalue weighted by molar-refractivity contribution is 1.10. The SMILES string of the molecule is Cc1ccc2ccccc2c1-n1c(-c2ccc(-c3ccc(-c4nc5c6ccccc6c6ccccc6c5n4-c4c(C)ccc5ccccc45)cc3)cc2)nc2c3ccccc3c3ccccc3c21. The summed E-state index contributed by atoms with van der Waals surface area (Å²) in [6, 6.07) is 79.3. The summed E-state index contributed by atoms with van der Waals surface area (Å²) in [4.78, 5) is 11.2. The molecule has 12 aromatic carbocycles. The fraction of sp³-hybridized carbons (Fsp3) is 0.0312. The zero-order valence-electron chi connectivity index (χ0n) is 37.6. The second kappa shape index (κ2) is 14.8. The fourth-order valence-electron chi connectivity index (χ4n) is 11.2. The predicted molar refractivity (Wildman–Crippen MR) is 287 cm³/mol. The molecule has 0 unspecified atom stereocenters. The minimum atomic E-state index is 0.922. The topological polar surface area (TPSA) is 35.6 Å². The zero-order valence-corrected chi connectivity index (χ0v) is 37.6. The van der Waals surface area contributed by atoms with E-state index in [0.717, 1.165) is 78.1 Å². The Labute approximate surface area is 392 Å². The Kier molecular flexibility index (Phi) is 8.38. The van der Waals surface area contributed by atoms with Gasteiger partial charge in [-0.3, -0.25) is 9.13 Å². The van der Waals surface area contributed by atoms with E-state index in [0.29, 0.717) is 0 Å². The number of aromatic nitrogens is 4. The van der Waals surface area contributed by atoms with E-state index in [-0.39, 0.29) is 0 Å². The van der Waals surface area contributed by atoms with E-state index in [1.54, 1.807) is 0 Å². The van der Waals surface area contributed by atoms with Gasteiger partial charge in [0.15, 0.2) is 0 Å². The highest BCUT2D eigenvalue weighted by molar-refractivity contribution is 6.26. The molecule has 0 fully saturated rings. The summed E-state index contributed by atoms with van der Waals surface area (Å²) < 4.78 is 4.86. The van der Waals surface area contributed by atoms with Gasteiger partial charge >= 0.3 is 0 Å². The quantitative estimate of drug-likeness (QED) is 0.162. The Hall–Kier alpha value is -8.86. The van der Waals surface area contributed by atoms with Gasteiger partial charge in [-0.25, -0.2) is 9.97 Å². The van der Waals surface area contributed by atoms with Gasteiger partial charge in [0.05, 0.1) is 33.4 Å². The minimum Gasteiger partial charge on any atom is -0.291 e. The van der Waals surface area contributed by atoms with Gasteiger partial charge in [-0.2, -0.15) is 0 Å². The summed E-state index contributed by atoms with van der Waals surface area (Å²) in [5.41, 5.74) is 13.4. The van der Waals surface area contributed by atoms with Crippen molar-refractivity contribution in [1.29, 1.82) is 0 Å². The van der Waals surface area contributed by atoms with Crippen molar-refractivity contribution in [2.24, 2.45) is 0 Å². The lowest BCUT2D eigenvalue weighted by Crippen LogP contribution is -2.02. The van der Waals surface area contributed by atoms with Crippen molar-refractivity contribution in [3.8, 4) is 45.3 Å². The average molecular weight is 867 g/mol. The van der Waals surface area contributed by atoms with E-state index in [1.807, 2.05) is 0 Å². The molecule has 0 saturated carbocycles. The summed E-state index contributed by atoms with van der Waals surface area (Å²) in [5, 5.41) is 14.4. The van der Waals surface area contributed by atoms with Gasteiger partial charge in [-0.1, -0.05) is 218 Å². The van der Waals surface area contributed by atoms with Gasteiger partial charge < -0.3 is 0 Å². The van der Waals surface area contributed by atoms with Gasteiger partial charge in [0.1, 0.15) is 11.6 Å². The van der Waals surface area contributed by atoms with Crippen LogP contribution >= 0.6 is 0 Å². The van der Waals surface area contributed by atoms with Crippen molar-refractivity contribution in [1.82, 2.24) is 19.1 Å². The predicted octanol–water partition coefficient (Wildman–Crippen LogP) is 16.9. The van der Waals surface area contributed by atoms with Crippen molar-refractivity contribution < 1.29 is 0 Å². The molecule has 0 amide bonds. The molecule has 0 spiro atoms. The molecule has 0 aliphatic carbocycles. The van der Waals surface area contributed by atoms with Crippen molar-refractivity contribution in [2.75, 3.05) is 0 Å². The molecule has 2 heterocycles. The molecular weight excluding hydrogens is 825 g/mol. The van der Waals surface area contributed by atoms with Crippen LogP contribution in [0.15, 0.2) is 218 Å². The molecule has 2 aromatic heterocycles. The summed E-state index contributed by atoms with van der Waals surface area (Å²) in [6.45, 7) is 4.44. The number of fused-ring (bicyclic) bond motifs is 14. The maximum Gasteiger partial charge on any atom is 0.145 e. The Morgan fingerprint density at radius 3 is 0.941 bits per heavy atom. The summed E-state index contributed by atoms with van der Waals surface area (Å²) in [5.74, 6) is 1.84. The van der Waals surface area contributed by atoms with E-state index < -0.39 is 0 Å². The number of benzene rings is 12. The van der Waals surface area contributed by atoms with Crippen LogP contribution in [0.1, 0.15) is 11.1 Å². The molecule has 0 aliphatic heterocycles. The molecule has 318 valence electrons. The van der Waals surface area contributed by atoms with Crippen LogP contribution in [0.25, 0.3) is 132 Å². The number of nitrogens with zero attached hydrogens (tertiary/aromatic N) is 4. The highest BCUT2D eigenvalue weighted by atomic mass is 15.1. The maximum atomic E-state index is 5.60. The molecule has 14 aromatic rings. The van der Waals surface area contributed by atoms with Crippen molar-refractivity contribution in [2.45, 2.75) is 13.8 Å². The monoisotopic (exact) mass is 866 g/mol. The Bertz CT molecular complexity index is 4100. The Balaban J connectivity index is 0.943. The first kappa shape index (κ1) is 38.4. The van der Waals surface area contributed by atoms with Crippen LogP contribution < -0.4 is 0 Å². The van der Waals surface area contributed by atoms with Crippen LogP contribution in [-0.4, -0.2) is 19.1 Å². The molecule has 0 saturated heterocycles. The molecule has 0 radical (unpaired) electrons. The molecule has 4 heteroatoms. The van der Waals surface area contributed by atoms with Gasteiger partial charge in [0.25, 0.3) is 0 Å². The third-order valence-electron chi connectivity index (χ3n) is 14.3. The van der Waals surface area contributed by atoms with E-state index in [9.17, 15) is 0 Å². The summed E-state index contributed by atoms with van der Waals surface area (Å²) in [6.07, 6.45) is 0. The van der Waals surface area contributed by atoms with Crippen LogP contribution in [0.4, 0.5) is 0 Å². The fourth-order valence-corrected chi connectivity index (χ4v) is 11.2. The van der Waals surface area contributed by atoms with Crippen molar-refractivity contribution in [3.63, 3.8) is 0 Å². The van der Waals surface area contributed by atoms with E-state index >= 15 is 0 Å². The lowest BCUT2D eigenvalue weighted by Gasteiger charge is -2.17. The first-order chi connectivity index (χ1) is 33.6. The van der Waals surface area contributed by atoms with Gasteiger partial charge in [0.2, 0.25) is 0 Å². The smallest absolute Gasteiger partial charge is 0.145 e. The molecule has 0 bridgehead atoms.